The molecule has 2 saturated carbocycles. The Morgan fingerprint density at radius 2 is 1.59 bits per heavy atom. The Bertz CT molecular complexity index is 1070. The van der Waals surface area contributed by atoms with Crippen molar-refractivity contribution in [1.82, 2.24) is 20.4 Å². The zero-order valence-corrected chi connectivity index (χ0v) is 20.1. The molecule has 0 amide bonds. The molecule has 7 heteroatoms. The van der Waals surface area contributed by atoms with E-state index in [-0.39, 0.29) is 0 Å². The van der Waals surface area contributed by atoms with Gasteiger partial charge in [0.2, 0.25) is 11.8 Å². The molecule has 3 N–H and O–H groups in total. The molecule has 0 atom stereocenters. The molecule has 2 heterocycles. The molecule has 7 nitrogen and oxygen atoms in total. The Morgan fingerprint density at radius 3 is 2.29 bits per heavy atom. The molecule has 0 spiro atoms. The monoisotopic (exact) mass is 460 g/mol. The third kappa shape index (κ3) is 5.58. The predicted octanol–water partition coefficient (Wildman–Crippen LogP) is 6.08. The number of hydrogen-bond acceptors (Lipinski definition) is 7. The van der Waals surface area contributed by atoms with Crippen molar-refractivity contribution in [3.63, 3.8) is 0 Å². The summed E-state index contributed by atoms with van der Waals surface area (Å²) in [6.45, 7) is 2.58. The zero-order chi connectivity index (χ0) is 23.2. The van der Waals surface area contributed by atoms with Gasteiger partial charge in [0.25, 0.3) is 0 Å². The van der Waals surface area contributed by atoms with Crippen LogP contribution in [0.4, 0.5) is 11.8 Å². The van der Waals surface area contributed by atoms with E-state index in [0.29, 0.717) is 30.5 Å². The third-order valence-corrected chi connectivity index (χ3v) is 7.00. The highest BCUT2D eigenvalue weighted by atomic mass is 16.5. The van der Waals surface area contributed by atoms with E-state index in [4.69, 9.17) is 14.7 Å². The van der Waals surface area contributed by atoms with Crippen LogP contribution in [-0.4, -0.2) is 33.6 Å². The molecular formula is C27H36N6O. The van der Waals surface area contributed by atoms with Crippen LogP contribution in [0, 0.1) is 0 Å². The quantitative estimate of drug-likeness (QED) is 0.351. The van der Waals surface area contributed by atoms with Gasteiger partial charge >= 0.3 is 0 Å². The number of aromatic nitrogens is 3. The molecule has 34 heavy (non-hydrogen) atoms. The number of ether oxygens (including phenoxy) is 1. The van der Waals surface area contributed by atoms with Crippen molar-refractivity contribution in [2.75, 3.05) is 17.3 Å². The summed E-state index contributed by atoms with van der Waals surface area (Å²) in [4.78, 5) is 14.2. The summed E-state index contributed by atoms with van der Waals surface area (Å²) < 4.78 is 5.50. The van der Waals surface area contributed by atoms with Crippen LogP contribution in [-0.2, 0) is 0 Å². The van der Waals surface area contributed by atoms with Gasteiger partial charge in [-0.1, -0.05) is 44.6 Å². The van der Waals surface area contributed by atoms with Crippen molar-refractivity contribution >= 4 is 22.7 Å². The fourth-order valence-electron chi connectivity index (χ4n) is 5.11. The number of nitrogens with zero attached hydrogens (tertiary/aromatic N) is 3. The van der Waals surface area contributed by atoms with Crippen LogP contribution in [0.3, 0.4) is 0 Å². The minimum absolute atomic E-state index is 0.460. The van der Waals surface area contributed by atoms with E-state index < -0.39 is 0 Å². The predicted molar refractivity (Wildman–Crippen MR) is 138 cm³/mol. The summed E-state index contributed by atoms with van der Waals surface area (Å²) in [5.74, 6) is 2.19. The average Bonchev–Trinajstić information content (AvgIpc) is 2.89. The molecule has 3 aromatic rings. The van der Waals surface area contributed by atoms with Crippen molar-refractivity contribution in [3.05, 3.63) is 36.5 Å². The molecule has 0 unspecified atom stereocenters. The number of hydrazine groups is 1. The van der Waals surface area contributed by atoms with Crippen molar-refractivity contribution in [2.24, 2.45) is 0 Å². The van der Waals surface area contributed by atoms with Crippen molar-refractivity contribution in [1.29, 1.82) is 0 Å². The van der Waals surface area contributed by atoms with Crippen LogP contribution < -0.4 is 20.9 Å². The van der Waals surface area contributed by atoms with E-state index in [1.165, 1.54) is 64.2 Å². The first-order chi connectivity index (χ1) is 16.8. The van der Waals surface area contributed by atoms with Gasteiger partial charge in [-0.05, 0) is 56.4 Å². The highest BCUT2D eigenvalue weighted by Crippen LogP contribution is 2.31. The molecule has 1 aromatic carbocycles. The first-order valence-electron chi connectivity index (χ1n) is 13.0. The van der Waals surface area contributed by atoms with E-state index in [1.807, 2.05) is 19.2 Å². The van der Waals surface area contributed by atoms with Gasteiger partial charge in [0.05, 0.1) is 12.1 Å². The normalized spacial score (nSPS) is 17.6. The topological polar surface area (TPSA) is 84.0 Å². The first kappa shape index (κ1) is 22.8. The molecule has 0 aliphatic heterocycles. The largest absolute Gasteiger partial charge is 0.478 e. The maximum atomic E-state index is 5.50. The molecule has 0 saturated heterocycles. The van der Waals surface area contributed by atoms with Crippen LogP contribution in [0.25, 0.3) is 22.0 Å². The van der Waals surface area contributed by atoms with E-state index in [9.17, 15) is 0 Å². The van der Waals surface area contributed by atoms with Crippen LogP contribution in [0.5, 0.6) is 5.88 Å². The maximum Gasteiger partial charge on any atom is 0.239 e. The highest BCUT2D eigenvalue weighted by Gasteiger charge is 2.18. The van der Waals surface area contributed by atoms with E-state index in [1.54, 1.807) is 0 Å². The molecule has 0 radical (unpaired) electrons. The first-order valence-corrected chi connectivity index (χ1v) is 13.0. The van der Waals surface area contributed by atoms with Crippen molar-refractivity contribution in [3.8, 4) is 17.0 Å². The highest BCUT2D eigenvalue weighted by molar-refractivity contribution is 5.93. The molecule has 2 aliphatic carbocycles. The second-order valence-corrected chi connectivity index (χ2v) is 9.53. The number of rotatable bonds is 8. The van der Waals surface area contributed by atoms with Gasteiger partial charge < -0.3 is 10.1 Å². The smallest absolute Gasteiger partial charge is 0.239 e. The van der Waals surface area contributed by atoms with E-state index in [2.05, 4.69) is 45.4 Å². The van der Waals surface area contributed by atoms with Gasteiger partial charge in [0.1, 0.15) is 5.82 Å². The lowest BCUT2D eigenvalue weighted by Gasteiger charge is -2.25. The SMILES string of the molecule is CCOc1ccc(-c2ccc3nc(NNC4CCCCC4)nc(NC4CCCCC4)c3c2)cn1. The van der Waals surface area contributed by atoms with E-state index in [0.717, 1.165) is 27.8 Å². The van der Waals surface area contributed by atoms with Gasteiger partial charge in [-0.15, -0.1) is 0 Å². The molecule has 2 fully saturated rings. The Kier molecular flexibility index (Phi) is 7.39. The summed E-state index contributed by atoms with van der Waals surface area (Å²) >= 11 is 0. The van der Waals surface area contributed by atoms with Gasteiger partial charge in [0.15, 0.2) is 0 Å². The number of nitrogens with one attached hydrogen (secondary N) is 3. The second kappa shape index (κ2) is 11.0. The minimum Gasteiger partial charge on any atom is -0.478 e. The number of hydrogen-bond donors (Lipinski definition) is 3. The van der Waals surface area contributed by atoms with Gasteiger partial charge in [-0.3, -0.25) is 5.43 Å². The molecule has 5 rings (SSSR count). The molecule has 2 aliphatic rings. The lowest BCUT2D eigenvalue weighted by molar-refractivity contribution is 0.327. The molecule has 180 valence electrons. The molecule has 2 aromatic heterocycles. The number of pyridine rings is 1. The fraction of sp³-hybridized carbons (Fsp3) is 0.519. The minimum atomic E-state index is 0.460. The van der Waals surface area contributed by atoms with Gasteiger partial charge in [-0.25, -0.2) is 15.4 Å². The Balaban J connectivity index is 1.43. The van der Waals surface area contributed by atoms with E-state index >= 15 is 0 Å². The van der Waals surface area contributed by atoms with Crippen LogP contribution >= 0.6 is 0 Å². The van der Waals surface area contributed by atoms with Crippen molar-refractivity contribution in [2.45, 2.75) is 83.2 Å². The summed E-state index contributed by atoms with van der Waals surface area (Å²) in [7, 11) is 0. The number of benzene rings is 1. The Morgan fingerprint density at radius 1 is 0.853 bits per heavy atom. The zero-order valence-electron chi connectivity index (χ0n) is 20.1. The lowest BCUT2D eigenvalue weighted by atomic mass is 9.95. The molecular weight excluding hydrogens is 424 g/mol. The Hall–Kier alpha value is -2.93. The lowest BCUT2D eigenvalue weighted by Crippen LogP contribution is -2.36. The van der Waals surface area contributed by atoms with Gasteiger partial charge in [-0.2, -0.15) is 4.98 Å². The standard InChI is InChI=1S/C27H36N6O/c1-2-34-25-16-14-20(18-28-25)19-13-15-24-23(17-19)26(29-21-9-5-3-6-10-21)31-27(30-24)33-32-22-11-7-4-8-12-22/h13-18,21-22,32H,2-12H2,1H3,(H2,29,30,31,33). The summed E-state index contributed by atoms with van der Waals surface area (Å²) in [6.07, 6.45) is 14.4. The van der Waals surface area contributed by atoms with Crippen LogP contribution in [0.2, 0.25) is 0 Å². The van der Waals surface area contributed by atoms with Gasteiger partial charge in [0, 0.05) is 35.3 Å². The second-order valence-electron chi connectivity index (χ2n) is 9.53. The summed E-state index contributed by atoms with van der Waals surface area (Å²) in [5.41, 5.74) is 9.86. The third-order valence-electron chi connectivity index (χ3n) is 7.00. The molecule has 0 bridgehead atoms. The van der Waals surface area contributed by atoms with Crippen LogP contribution in [0.1, 0.15) is 71.1 Å². The fourth-order valence-corrected chi connectivity index (χ4v) is 5.11. The average molecular weight is 461 g/mol. The maximum absolute atomic E-state index is 5.50. The number of anilines is 2. The van der Waals surface area contributed by atoms with Crippen LogP contribution in [0.15, 0.2) is 36.5 Å². The summed E-state index contributed by atoms with van der Waals surface area (Å²) in [5, 5.41) is 4.79. The van der Waals surface area contributed by atoms with Crippen molar-refractivity contribution < 1.29 is 4.74 Å². The summed E-state index contributed by atoms with van der Waals surface area (Å²) in [6, 6.07) is 11.3. The number of fused-ring (bicyclic) bond motifs is 1. The Labute approximate surface area is 202 Å².